The Morgan fingerprint density at radius 3 is 2.83 bits per heavy atom. The largest absolute Gasteiger partial charge is 0.395 e. The van der Waals surface area contributed by atoms with Crippen molar-refractivity contribution >= 4 is 11.7 Å². The summed E-state index contributed by atoms with van der Waals surface area (Å²) in [5.41, 5.74) is 0.549. The van der Waals surface area contributed by atoms with Crippen LogP contribution in [-0.2, 0) is 4.79 Å². The van der Waals surface area contributed by atoms with Gasteiger partial charge in [-0.05, 0) is 18.3 Å². The van der Waals surface area contributed by atoms with E-state index in [-0.39, 0.29) is 24.9 Å². The second-order valence-electron chi connectivity index (χ2n) is 3.78. The second-order valence-corrected chi connectivity index (χ2v) is 3.78. The fraction of sp³-hybridized carbons (Fsp3) is 0.600. The first-order chi connectivity index (χ1) is 8.51. The summed E-state index contributed by atoms with van der Waals surface area (Å²) in [6.07, 6.45) is 0.455. The van der Waals surface area contributed by atoms with Crippen LogP contribution in [0.5, 0.6) is 0 Å². The zero-order valence-electron chi connectivity index (χ0n) is 10.3. The molecule has 0 aromatic carbocycles. The van der Waals surface area contributed by atoms with Crippen LogP contribution >= 0.6 is 0 Å². The van der Waals surface area contributed by atoms with E-state index in [2.05, 4.69) is 10.4 Å². The van der Waals surface area contributed by atoms with Gasteiger partial charge in [0, 0.05) is 6.54 Å². The number of carbonyl (C=O) groups excluding carboxylic acids is 1. The van der Waals surface area contributed by atoms with Crippen LogP contribution in [0.2, 0.25) is 0 Å². The molecule has 0 fully saturated rings. The van der Waals surface area contributed by atoms with Crippen molar-refractivity contribution in [2.45, 2.75) is 26.3 Å². The van der Waals surface area contributed by atoms with Gasteiger partial charge in [-0.2, -0.15) is 4.68 Å². The molecule has 8 heteroatoms. The minimum absolute atomic E-state index is 0.151. The summed E-state index contributed by atoms with van der Waals surface area (Å²) in [5.74, 6) is -0.589. The van der Waals surface area contributed by atoms with Crippen LogP contribution in [0.15, 0.2) is 6.07 Å². The number of aliphatic hydroxyl groups is 1. The molecule has 0 radical (unpaired) electrons. The third-order valence-electron chi connectivity index (χ3n) is 2.49. The van der Waals surface area contributed by atoms with Crippen LogP contribution in [-0.4, -0.2) is 38.9 Å². The molecule has 1 unspecified atom stereocenters. The predicted octanol–water partition coefficient (Wildman–Crippen LogP) is 0.159. The van der Waals surface area contributed by atoms with E-state index < -0.39 is 11.0 Å². The van der Waals surface area contributed by atoms with E-state index in [1.54, 1.807) is 13.8 Å². The van der Waals surface area contributed by atoms with E-state index in [0.29, 0.717) is 12.1 Å². The molecule has 0 bridgehead atoms. The minimum atomic E-state index is -0.606. The Hall–Kier alpha value is -1.96. The summed E-state index contributed by atoms with van der Waals surface area (Å²) in [6, 6.07) is 0.715. The fourth-order valence-electron chi connectivity index (χ4n) is 1.64. The summed E-state index contributed by atoms with van der Waals surface area (Å²) in [7, 11) is 0. The molecule has 0 aliphatic carbocycles. The molecule has 8 nitrogen and oxygen atoms in total. The average Bonchev–Trinajstić information content (AvgIpc) is 2.70. The van der Waals surface area contributed by atoms with E-state index in [1.165, 1.54) is 10.7 Å². The van der Waals surface area contributed by atoms with Crippen molar-refractivity contribution in [1.82, 2.24) is 15.1 Å². The Balaban J connectivity index is 2.94. The number of nitrogens with zero attached hydrogens (tertiary/aromatic N) is 3. The van der Waals surface area contributed by atoms with Gasteiger partial charge in [0.1, 0.15) is 0 Å². The molecular formula is C10H16N4O4. The maximum Gasteiger partial charge on any atom is 0.390 e. The number of amides is 1. The molecule has 1 heterocycles. The van der Waals surface area contributed by atoms with E-state index in [1.807, 2.05) is 0 Å². The number of aryl methyl sites for hydroxylation is 1. The fourth-order valence-corrected chi connectivity index (χ4v) is 1.64. The van der Waals surface area contributed by atoms with Crippen molar-refractivity contribution < 1.29 is 14.8 Å². The molecule has 1 atom stereocenters. The van der Waals surface area contributed by atoms with E-state index >= 15 is 0 Å². The highest BCUT2D eigenvalue weighted by Gasteiger charge is 2.26. The van der Waals surface area contributed by atoms with Gasteiger partial charge in [-0.25, -0.2) is 0 Å². The van der Waals surface area contributed by atoms with Crippen molar-refractivity contribution in [2.24, 2.45) is 0 Å². The maximum atomic E-state index is 11.8. The molecule has 0 aliphatic heterocycles. The molecule has 1 amide bonds. The smallest absolute Gasteiger partial charge is 0.390 e. The molecular weight excluding hydrogens is 240 g/mol. The Morgan fingerprint density at radius 2 is 2.39 bits per heavy atom. The molecule has 0 spiro atoms. The third-order valence-corrected chi connectivity index (χ3v) is 2.49. The highest BCUT2D eigenvalue weighted by atomic mass is 16.6. The van der Waals surface area contributed by atoms with Crippen molar-refractivity contribution in [3.05, 3.63) is 21.9 Å². The number of aliphatic hydroxyl groups excluding tert-OH is 1. The average molecular weight is 256 g/mol. The second kappa shape index (κ2) is 6.10. The normalized spacial score (nSPS) is 12.2. The van der Waals surface area contributed by atoms with Crippen LogP contribution in [0, 0.1) is 17.0 Å². The third kappa shape index (κ3) is 3.04. The molecule has 0 saturated heterocycles. The van der Waals surface area contributed by atoms with Gasteiger partial charge in [-0.3, -0.25) is 4.79 Å². The van der Waals surface area contributed by atoms with Crippen LogP contribution in [0.1, 0.15) is 25.1 Å². The highest BCUT2D eigenvalue weighted by Crippen LogP contribution is 2.18. The molecule has 1 aromatic heterocycles. The standard InChI is InChI=1S/C10H16N4O4/c1-3-8(10(16)11-4-5-15)13-7(2)6-9(12-13)14(17)18/h6,8,15H,3-5H2,1-2H3,(H,11,16). The lowest BCUT2D eigenvalue weighted by Gasteiger charge is -2.13. The van der Waals surface area contributed by atoms with Crippen molar-refractivity contribution in [3.63, 3.8) is 0 Å². The number of hydrogen-bond acceptors (Lipinski definition) is 5. The van der Waals surface area contributed by atoms with Gasteiger partial charge in [0.15, 0.2) is 6.04 Å². The van der Waals surface area contributed by atoms with Crippen LogP contribution in [0.3, 0.4) is 0 Å². The Morgan fingerprint density at radius 1 is 1.72 bits per heavy atom. The molecule has 1 aromatic rings. The molecule has 100 valence electrons. The lowest BCUT2D eigenvalue weighted by Crippen LogP contribution is -2.34. The number of hydrogen-bond donors (Lipinski definition) is 2. The van der Waals surface area contributed by atoms with Crippen molar-refractivity contribution in [2.75, 3.05) is 13.2 Å². The number of carbonyl (C=O) groups is 1. The number of nitro groups is 1. The summed E-state index contributed by atoms with van der Waals surface area (Å²) in [5, 5.41) is 25.6. The van der Waals surface area contributed by atoms with Gasteiger partial charge in [-0.1, -0.05) is 6.92 Å². The molecule has 0 aliphatic rings. The maximum absolute atomic E-state index is 11.8. The van der Waals surface area contributed by atoms with Crippen LogP contribution in [0.25, 0.3) is 0 Å². The van der Waals surface area contributed by atoms with Gasteiger partial charge in [0.2, 0.25) is 5.91 Å². The van der Waals surface area contributed by atoms with Gasteiger partial charge < -0.3 is 20.5 Å². The van der Waals surface area contributed by atoms with Crippen LogP contribution < -0.4 is 5.32 Å². The van der Waals surface area contributed by atoms with Gasteiger partial charge in [0.05, 0.1) is 23.5 Å². The van der Waals surface area contributed by atoms with E-state index in [0.717, 1.165) is 0 Å². The molecule has 0 saturated carbocycles. The summed E-state index contributed by atoms with van der Waals surface area (Å²) in [4.78, 5) is 21.8. The number of aromatic nitrogens is 2. The zero-order chi connectivity index (χ0) is 13.7. The van der Waals surface area contributed by atoms with Crippen molar-refractivity contribution in [3.8, 4) is 0 Å². The first-order valence-corrected chi connectivity index (χ1v) is 5.60. The van der Waals surface area contributed by atoms with E-state index in [9.17, 15) is 14.9 Å². The van der Waals surface area contributed by atoms with Gasteiger partial charge >= 0.3 is 5.82 Å². The predicted molar refractivity (Wildman–Crippen MR) is 63.0 cm³/mol. The lowest BCUT2D eigenvalue weighted by atomic mass is 10.2. The van der Waals surface area contributed by atoms with Gasteiger partial charge in [-0.15, -0.1) is 0 Å². The Kier molecular flexibility index (Phi) is 4.78. The first-order valence-electron chi connectivity index (χ1n) is 5.60. The molecule has 2 N–H and O–H groups in total. The highest BCUT2D eigenvalue weighted by molar-refractivity contribution is 5.80. The number of rotatable bonds is 6. The molecule has 1 rings (SSSR count). The summed E-state index contributed by atoms with van der Waals surface area (Å²) < 4.78 is 1.34. The monoisotopic (exact) mass is 256 g/mol. The Labute approximate surface area is 104 Å². The van der Waals surface area contributed by atoms with Crippen LogP contribution in [0.4, 0.5) is 5.82 Å². The zero-order valence-corrected chi connectivity index (χ0v) is 10.3. The SMILES string of the molecule is CCC(C(=O)NCCO)n1nc([N+](=O)[O-])cc1C. The Bertz CT molecular complexity index is 443. The lowest BCUT2D eigenvalue weighted by molar-refractivity contribution is -0.389. The van der Waals surface area contributed by atoms with E-state index in [4.69, 9.17) is 5.11 Å². The topological polar surface area (TPSA) is 110 Å². The van der Waals surface area contributed by atoms with Crippen molar-refractivity contribution in [1.29, 1.82) is 0 Å². The minimum Gasteiger partial charge on any atom is -0.395 e. The quantitative estimate of drug-likeness (QED) is 0.556. The summed E-state index contributed by atoms with van der Waals surface area (Å²) >= 11 is 0. The number of nitrogens with one attached hydrogen (secondary N) is 1. The molecule has 18 heavy (non-hydrogen) atoms. The summed E-state index contributed by atoms with van der Waals surface area (Å²) in [6.45, 7) is 3.44. The first kappa shape index (κ1) is 14.1. The van der Waals surface area contributed by atoms with Gasteiger partial charge in [0.25, 0.3) is 0 Å².